The van der Waals surface area contributed by atoms with Gasteiger partial charge in [-0.15, -0.1) is 0 Å². The average molecular weight is 426 g/mol. The first-order valence-electron chi connectivity index (χ1n) is 12.0. The highest BCUT2D eigenvalue weighted by molar-refractivity contribution is 5.88. The number of para-hydroxylation sites is 1. The summed E-state index contributed by atoms with van der Waals surface area (Å²) in [6.07, 6.45) is 5.53. The van der Waals surface area contributed by atoms with Crippen molar-refractivity contribution in [2.45, 2.75) is 77.8 Å². The molecule has 32 heavy (non-hydrogen) atoms. The number of benzene rings is 2. The van der Waals surface area contributed by atoms with Gasteiger partial charge in [-0.2, -0.15) is 0 Å². The Morgan fingerprint density at radius 2 is 1.62 bits per heavy atom. The third kappa shape index (κ3) is 2.97. The van der Waals surface area contributed by atoms with E-state index in [9.17, 15) is 0 Å². The molecule has 3 nitrogen and oxygen atoms in total. The van der Waals surface area contributed by atoms with Gasteiger partial charge in [0.05, 0.1) is 5.69 Å². The van der Waals surface area contributed by atoms with Gasteiger partial charge in [0, 0.05) is 23.0 Å². The largest absolute Gasteiger partial charge is 0.317 e. The minimum atomic E-state index is 0.103. The maximum absolute atomic E-state index is 4.92. The third-order valence-corrected chi connectivity index (χ3v) is 7.85. The molecule has 0 fully saturated rings. The zero-order valence-corrected chi connectivity index (χ0v) is 20.3. The van der Waals surface area contributed by atoms with Crippen LogP contribution in [-0.2, 0) is 10.8 Å². The van der Waals surface area contributed by atoms with Crippen molar-refractivity contribution in [2.24, 2.45) is 0 Å². The van der Waals surface area contributed by atoms with E-state index < -0.39 is 0 Å². The van der Waals surface area contributed by atoms with E-state index in [4.69, 9.17) is 4.98 Å². The second kappa shape index (κ2) is 7.37. The van der Waals surface area contributed by atoms with Crippen molar-refractivity contribution < 1.29 is 0 Å². The molecule has 166 valence electrons. The SMILES string of the molecule is CCC1(CC)CC2N(c3ccccc3C)c3cccnc3N2c2cc(C(C)(C)C)ccc21. The summed E-state index contributed by atoms with van der Waals surface area (Å²) in [6, 6.07) is 20.3. The molecular weight excluding hydrogens is 390 g/mol. The smallest absolute Gasteiger partial charge is 0.158 e. The summed E-state index contributed by atoms with van der Waals surface area (Å²) < 4.78 is 0. The van der Waals surface area contributed by atoms with Crippen LogP contribution in [0.4, 0.5) is 22.9 Å². The van der Waals surface area contributed by atoms with Crippen molar-refractivity contribution in [3.8, 4) is 0 Å². The zero-order chi connectivity index (χ0) is 22.7. The van der Waals surface area contributed by atoms with Gasteiger partial charge in [-0.25, -0.2) is 4.98 Å². The van der Waals surface area contributed by atoms with Crippen molar-refractivity contribution in [1.82, 2.24) is 4.98 Å². The number of pyridine rings is 1. The van der Waals surface area contributed by atoms with E-state index in [-0.39, 0.29) is 17.0 Å². The number of aryl methyl sites for hydroxylation is 1. The summed E-state index contributed by atoms with van der Waals surface area (Å²) in [5, 5.41) is 0. The molecule has 1 aromatic heterocycles. The molecule has 0 aliphatic carbocycles. The van der Waals surface area contributed by atoms with Crippen LogP contribution in [0.1, 0.15) is 70.6 Å². The van der Waals surface area contributed by atoms with Crippen molar-refractivity contribution in [3.05, 3.63) is 77.5 Å². The number of aromatic nitrogens is 1. The van der Waals surface area contributed by atoms with Crippen LogP contribution in [0.3, 0.4) is 0 Å². The quantitative estimate of drug-likeness (QED) is 0.427. The van der Waals surface area contributed by atoms with Gasteiger partial charge >= 0.3 is 0 Å². The Balaban J connectivity index is 1.79. The number of nitrogens with zero attached hydrogens (tertiary/aromatic N) is 3. The second-order valence-electron chi connectivity index (χ2n) is 10.5. The van der Waals surface area contributed by atoms with Gasteiger partial charge in [0.1, 0.15) is 6.17 Å². The minimum Gasteiger partial charge on any atom is -0.317 e. The monoisotopic (exact) mass is 425 g/mol. The normalized spacial score (nSPS) is 18.9. The Hall–Kier alpha value is -2.81. The standard InChI is InChI=1S/C29H35N3/c1-7-29(8-2)19-26-31(23-13-10-9-12-20(23)3)24-14-11-17-30-27(24)32(26)25-18-21(28(4,5)6)15-16-22(25)29/h9-18,26H,7-8,19H2,1-6H3. The van der Waals surface area contributed by atoms with Gasteiger partial charge in [0.25, 0.3) is 0 Å². The number of anilines is 4. The van der Waals surface area contributed by atoms with E-state index in [2.05, 4.69) is 106 Å². The fourth-order valence-electron chi connectivity index (χ4n) is 5.79. The van der Waals surface area contributed by atoms with E-state index in [1.54, 1.807) is 0 Å². The summed E-state index contributed by atoms with van der Waals surface area (Å²) in [6.45, 7) is 13.8. The molecule has 1 atom stereocenters. The van der Waals surface area contributed by atoms with Gasteiger partial charge in [-0.1, -0.05) is 65.0 Å². The van der Waals surface area contributed by atoms with Crippen molar-refractivity contribution >= 4 is 22.9 Å². The molecule has 3 heteroatoms. The lowest BCUT2D eigenvalue weighted by atomic mass is 9.68. The Morgan fingerprint density at radius 1 is 0.906 bits per heavy atom. The summed E-state index contributed by atoms with van der Waals surface area (Å²) in [7, 11) is 0. The van der Waals surface area contributed by atoms with Crippen LogP contribution in [0.15, 0.2) is 60.8 Å². The first kappa shape index (κ1) is 21.1. The lowest BCUT2D eigenvalue weighted by molar-refractivity contribution is 0.322. The Kier molecular flexibility index (Phi) is 4.85. The van der Waals surface area contributed by atoms with Crippen molar-refractivity contribution in [1.29, 1.82) is 0 Å². The molecule has 0 amide bonds. The van der Waals surface area contributed by atoms with Crippen molar-refractivity contribution in [3.63, 3.8) is 0 Å². The Labute approximate surface area is 193 Å². The van der Waals surface area contributed by atoms with Gasteiger partial charge in [0.2, 0.25) is 0 Å². The maximum Gasteiger partial charge on any atom is 0.158 e. The van der Waals surface area contributed by atoms with Gasteiger partial charge in [-0.3, -0.25) is 0 Å². The van der Waals surface area contributed by atoms with E-state index in [1.165, 1.54) is 33.8 Å². The lowest BCUT2D eigenvalue weighted by Gasteiger charge is -2.48. The number of hydrogen-bond acceptors (Lipinski definition) is 3. The molecule has 0 N–H and O–H groups in total. The van der Waals surface area contributed by atoms with E-state index in [0.29, 0.717) is 0 Å². The highest BCUT2D eigenvalue weighted by atomic mass is 15.5. The topological polar surface area (TPSA) is 19.4 Å². The fourth-order valence-corrected chi connectivity index (χ4v) is 5.79. The predicted octanol–water partition coefficient (Wildman–Crippen LogP) is 7.76. The molecule has 2 aromatic carbocycles. The van der Waals surface area contributed by atoms with Crippen LogP contribution >= 0.6 is 0 Å². The molecule has 0 saturated heterocycles. The van der Waals surface area contributed by atoms with Crippen LogP contribution in [0.25, 0.3) is 0 Å². The van der Waals surface area contributed by atoms with Crippen LogP contribution in [0, 0.1) is 6.92 Å². The van der Waals surface area contributed by atoms with Crippen LogP contribution in [-0.4, -0.2) is 11.1 Å². The van der Waals surface area contributed by atoms with Gasteiger partial charge in [0.15, 0.2) is 5.82 Å². The number of fused-ring (bicyclic) bond motifs is 5. The van der Waals surface area contributed by atoms with E-state index >= 15 is 0 Å². The molecule has 2 aliphatic rings. The van der Waals surface area contributed by atoms with E-state index in [0.717, 1.165) is 25.1 Å². The molecule has 5 rings (SSSR count). The molecule has 3 aromatic rings. The zero-order valence-electron chi connectivity index (χ0n) is 20.3. The molecule has 0 bridgehead atoms. The first-order chi connectivity index (χ1) is 15.3. The minimum absolute atomic E-state index is 0.103. The average Bonchev–Trinajstić information content (AvgIpc) is 3.11. The molecule has 2 aliphatic heterocycles. The first-order valence-corrected chi connectivity index (χ1v) is 12.0. The molecular formula is C29H35N3. The Bertz CT molecular complexity index is 1150. The summed E-state index contributed by atoms with van der Waals surface area (Å²) in [5.74, 6) is 1.08. The molecule has 1 unspecified atom stereocenters. The number of hydrogen-bond donors (Lipinski definition) is 0. The molecule has 0 radical (unpaired) electrons. The second-order valence-corrected chi connectivity index (χ2v) is 10.5. The molecule has 0 spiro atoms. The lowest BCUT2D eigenvalue weighted by Crippen LogP contribution is -2.49. The summed E-state index contributed by atoms with van der Waals surface area (Å²) in [4.78, 5) is 9.99. The van der Waals surface area contributed by atoms with Crippen molar-refractivity contribution in [2.75, 3.05) is 9.80 Å². The van der Waals surface area contributed by atoms with Crippen LogP contribution in [0.5, 0.6) is 0 Å². The van der Waals surface area contributed by atoms with E-state index in [1.807, 2.05) is 6.20 Å². The summed E-state index contributed by atoms with van der Waals surface area (Å²) in [5.41, 5.74) is 8.26. The third-order valence-electron chi connectivity index (χ3n) is 7.85. The van der Waals surface area contributed by atoms with Gasteiger partial charge in [-0.05, 0) is 72.6 Å². The fraction of sp³-hybridized carbons (Fsp3) is 0.414. The number of rotatable bonds is 3. The van der Waals surface area contributed by atoms with Crippen LogP contribution < -0.4 is 9.80 Å². The highest BCUT2D eigenvalue weighted by Gasteiger charge is 2.49. The Morgan fingerprint density at radius 3 is 2.31 bits per heavy atom. The predicted molar refractivity (Wildman–Crippen MR) is 136 cm³/mol. The highest BCUT2D eigenvalue weighted by Crippen LogP contribution is 2.57. The molecule has 0 saturated carbocycles. The maximum atomic E-state index is 4.92. The van der Waals surface area contributed by atoms with Crippen LogP contribution in [0.2, 0.25) is 0 Å². The molecule has 3 heterocycles. The summed E-state index contributed by atoms with van der Waals surface area (Å²) >= 11 is 0. The van der Waals surface area contributed by atoms with Gasteiger partial charge < -0.3 is 9.80 Å².